The van der Waals surface area contributed by atoms with E-state index in [0.717, 1.165) is 13.1 Å². The Balaban J connectivity index is 1.77. The Labute approximate surface area is 187 Å². The molecular weight excluding hydrogens is 418 g/mol. The van der Waals surface area contributed by atoms with Gasteiger partial charge in [0.15, 0.2) is 11.5 Å². The molecular formula is C22H31N3O7. The number of ether oxygens (including phenoxy) is 4. The zero-order chi connectivity index (χ0) is 23.1. The first kappa shape index (κ1) is 23.8. The molecule has 1 aromatic carbocycles. The standard InChI is InChI=1S/C22H31N3O7/c1-4-31-21(27)19-14(2)23-22(28)24-20(19)15-5-6-17(29-3)18(11-15)32-13-16(26)12-25-7-9-30-10-8-25/h5-6,11,16,20,26H,4,7-10,12-13H2,1-3H3,(H2,23,24,28). The molecule has 0 aromatic heterocycles. The molecule has 176 valence electrons. The van der Waals surface area contributed by atoms with Gasteiger partial charge in [-0.1, -0.05) is 6.07 Å². The number of benzene rings is 1. The first-order chi connectivity index (χ1) is 15.4. The van der Waals surface area contributed by atoms with Gasteiger partial charge in [-0.2, -0.15) is 0 Å². The van der Waals surface area contributed by atoms with E-state index < -0.39 is 24.1 Å². The van der Waals surface area contributed by atoms with E-state index in [2.05, 4.69) is 15.5 Å². The summed E-state index contributed by atoms with van der Waals surface area (Å²) in [4.78, 5) is 26.7. The van der Waals surface area contributed by atoms with E-state index in [9.17, 15) is 14.7 Å². The number of allylic oxidation sites excluding steroid dienone is 1. The van der Waals surface area contributed by atoms with Crippen molar-refractivity contribution in [1.82, 2.24) is 15.5 Å². The molecule has 0 saturated carbocycles. The van der Waals surface area contributed by atoms with Crippen molar-refractivity contribution in [3.8, 4) is 11.5 Å². The summed E-state index contributed by atoms with van der Waals surface area (Å²) in [6.45, 7) is 6.98. The van der Waals surface area contributed by atoms with E-state index >= 15 is 0 Å². The van der Waals surface area contributed by atoms with Gasteiger partial charge in [0.1, 0.15) is 12.7 Å². The molecule has 3 rings (SSSR count). The lowest BCUT2D eigenvalue weighted by molar-refractivity contribution is -0.139. The summed E-state index contributed by atoms with van der Waals surface area (Å²) in [6.07, 6.45) is -0.697. The molecule has 10 nitrogen and oxygen atoms in total. The van der Waals surface area contributed by atoms with Crippen LogP contribution in [0.2, 0.25) is 0 Å². The number of methoxy groups -OCH3 is 1. The Morgan fingerprint density at radius 3 is 2.75 bits per heavy atom. The SMILES string of the molecule is CCOC(=O)C1=C(C)NC(=O)NC1c1ccc(OC)c(OCC(O)CN2CCOCC2)c1. The summed E-state index contributed by atoms with van der Waals surface area (Å²) in [5.74, 6) is 0.368. The van der Waals surface area contributed by atoms with Crippen molar-refractivity contribution in [2.24, 2.45) is 0 Å². The third-order valence-electron chi connectivity index (χ3n) is 5.29. The van der Waals surface area contributed by atoms with E-state index in [1.165, 1.54) is 7.11 Å². The van der Waals surface area contributed by atoms with Crippen molar-refractivity contribution in [3.05, 3.63) is 35.0 Å². The Kier molecular flexibility index (Phi) is 8.32. The normalized spacial score (nSPS) is 20.2. The first-order valence-electron chi connectivity index (χ1n) is 10.7. The summed E-state index contributed by atoms with van der Waals surface area (Å²) in [5, 5.41) is 15.8. The second-order valence-electron chi connectivity index (χ2n) is 7.58. The third-order valence-corrected chi connectivity index (χ3v) is 5.29. The molecule has 2 heterocycles. The number of β-amino-alcohol motifs (C(OH)–C–C–N with tert-alkyl or cyclic N) is 1. The fourth-order valence-corrected chi connectivity index (χ4v) is 3.73. The molecule has 10 heteroatoms. The molecule has 0 aliphatic carbocycles. The van der Waals surface area contributed by atoms with E-state index in [4.69, 9.17) is 18.9 Å². The number of aliphatic hydroxyl groups is 1. The van der Waals surface area contributed by atoms with Crippen LogP contribution < -0.4 is 20.1 Å². The van der Waals surface area contributed by atoms with Crippen LogP contribution in [0.1, 0.15) is 25.5 Å². The van der Waals surface area contributed by atoms with Gasteiger partial charge in [0.25, 0.3) is 0 Å². The lowest BCUT2D eigenvalue weighted by atomic mass is 9.95. The van der Waals surface area contributed by atoms with Crippen LogP contribution >= 0.6 is 0 Å². The second kappa shape index (κ2) is 11.2. The van der Waals surface area contributed by atoms with Crippen molar-refractivity contribution < 1.29 is 33.6 Å². The molecule has 32 heavy (non-hydrogen) atoms. The quantitative estimate of drug-likeness (QED) is 0.477. The number of nitrogens with one attached hydrogen (secondary N) is 2. The molecule has 2 unspecified atom stereocenters. The zero-order valence-corrected chi connectivity index (χ0v) is 18.7. The molecule has 2 aliphatic heterocycles. The van der Waals surface area contributed by atoms with Crippen LogP contribution in [0.5, 0.6) is 11.5 Å². The average Bonchev–Trinajstić information content (AvgIpc) is 2.77. The minimum absolute atomic E-state index is 0.0648. The Morgan fingerprint density at radius 1 is 1.31 bits per heavy atom. The molecule has 0 spiro atoms. The number of hydrogen-bond donors (Lipinski definition) is 3. The van der Waals surface area contributed by atoms with E-state index in [1.54, 1.807) is 32.0 Å². The zero-order valence-electron chi connectivity index (χ0n) is 18.7. The number of amides is 2. The number of carbonyl (C=O) groups is 2. The molecule has 0 bridgehead atoms. The summed E-state index contributed by atoms with van der Waals surface area (Å²) in [5.41, 5.74) is 1.37. The maximum Gasteiger partial charge on any atom is 0.338 e. The van der Waals surface area contributed by atoms with Gasteiger partial charge >= 0.3 is 12.0 Å². The van der Waals surface area contributed by atoms with Gasteiger partial charge in [-0.05, 0) is 31.5 Å². The molecule has 0 radical (unpaired) electrons. The Bertz CT molecular complexity index is 852. The van der Waals surface area contributed by atoms with Crippen LogP contribution in [0, 0.1) is 0 Å². The maximum absolute atomic E-state index is 12.5. The monoisotopic (exact) mass is 449 g/mol. The number of carbonyl (C=O) groups excluding carboxylic acids is 2. The number of aliphatic hydroxyl groups excluding tert-OH is 1. The fraction of sp³-hybridized carbons (Fsp3) is 0.545. The van der Waals surface area contributed by atoms with Crippen molar-refractivity contribution >= 4 is 12.0 Å². The molecule has 2 atom stereocenters. The smallest absolute Gasteiger partial charge is 0.338 e. The lowest BCUT2D eigenvalue weighted by Gasteiger charge is -2.29. The average molecular weight is 450 g/mol. The van der Waals surface area contributed by atoms with Gasteiger partial charge in [0.05, 0.1) is 38.5 Å². The summed E-state index contributed by atoms with van der Waals surface area (Å²) in [6, 6.07) is 4.02. The summed E-state index contributed by atoms with van der Waals surface area (Å²) in [7, 11) is 1.52. The van der Waals surface area contributed by atoms with Gasteiger partial charge in [0.2, 0.25) is 0 Å². The van der Waals surface area contributed by atoms with Gasteiger partial charge in [0, 0.05) is 25.3 Å². The van der Waals surface area contributed by atoms with Crippen LogP contribution in [0.25, 0.3) is 0 Å². The molecule has 1 aromatic rings. The van der Waals surface area contributed by atoms with Crippen molar-refractivity contribution in [2.75, 3.05) is 53.2 Å². The maximum atomic E-state index is 12.5. The Hall–Kier alpha value is -2.82. The van der Waals surface area contributed by atoms with Crippen LogP contribution in [0.4, 0.5) is 4.79 Å². The van der Waals surface area contributed by atoms with Crippen LogP contribution in [-0.2, 0) is 14.3 Å². The predicted molar refractivity (Wildman–Crippen MR) is 115 cm³/mol. The first-order valence-corrected chi connectivity index (χ1v) is 10.7. The number of rotatable bonds is 9. The minimum Gasteiger partial charge on any atom is -0.493 e. The number of nitrogens with zero attached hydrogens (tertiary/aromatic N) is 1. The van der Waals surface area contributed by atoms with Gasteiger partial charge < -0.3 is 34.7 Å². The number of hydrogen-bond acceptors (Lipinski definition) is 8. The highest BCUT2D eigenvalue weighted by atomic mass is 16.5. The topological polar surface area (TPSA) is 119 Å². The molecule has 1 saturated heterocycles. The van der Waals surface area contributed by atoms with Crippen LogP contribution in [0.3, 0.4) is 0 Å². The minimum atomic E-state index is -0.714. The third kappa shape index (κ3) is 5.90. The largest absolute Gasteiger partial charge is 0.493 e. The van der Waals surface area contributed by atoms with Crippen molar-refractivity contribution in [2.45, 2.75) is 26.0 Å². The number of urea groups is 1. The van der Waals surface area contributed by atoms with Gasteiger partial charge in [-0.3, -0.25) is 4.90 Å². The van der Waals surface area contributed by atoms with Gasteiger partial charge in [-0.15, -0.1) is 0 Å². The molecule has 2 aliphatic rings. The highest BCUT2D eigenvalue weighted by molar-refractivity contribution is 5.95. The molecule has 2 amide bonds. The van der Waals surface area contributed by atoms with E-state index in [1.807, 2.05) is 0 Å². The number of esters is 1. The van der Waals surface area contributed by atoms with Crippen molar-refractivity contribution in [3.63, 3.8) is 0 Å². The number of morpholine rings is 1. The molecule has 1 fully saturated rings. The second-order valence-corrected chi connectivity index (χ2v) is 7.58. The Morgan fingerprint density at radius 2 is 2.06 bits per heavy atom. The summed E-state index contributed by atoms with van der Waals surface area (Å²) < 4.78 is 21.8. The van der Waals surface area contributed by atoms with Crippen LogP contribution in [-0.4, -0.2) is 81.3 Å². The molecule has 3 N–H and O–H groups in total. The fourth-order valence-electron chi connectivity index (χ4n) is 3.73. The van der Waals surface area contributed by atoms with Gasteiger partial charge in [-0.25, -0.2) is 9.59 Å². The van der Waals surface area contributed by atoms with Crippen molar-refractivity contribution in [1.29, 1.82) is 0 Å². The highest BCUT2D eigenvalue weighted by Crippen LogP contribution is 2.34. The summed E-state index contributed by atoms with van der Waals surface area (Å²) >= 11 is 0. The van der Waals surface area contributed by atoms with Crippen LogP contribution in [0.15, 0.2) is 29.5 Å². The van der Waals surface area contributed by atoms with E-state index in [0.29, 0.717) is 48.1 Å². The predicted octanol–water partition coefficient (Wildman–Crippen LogP) is 0.958. The van der Waals surface area contributed by atoms with E-state index in [-0.39, 0.29) is 13.2 Å². The lowest BCUT2D eigenvalue weighted by Crippen LogP contribution is -2.45. The highest BCUT2D eigenvalue weighted by Gasteiger charge is 2.32.